The van der Waals surface area contributed by atoms with Crippen LogP contribution in [0, 0.1) is 0 Å². The molecule has 11 nitrogen and oxygen atoms in total. The molecular formula is C27H34N4O7S. The van der Waals surface area contributed by atoms with Gasteiger partial charge in [-0.25, -0.2) is 18.2 Å². The van der Waals surface area contributed by atoms with E-state index in [1.807, 2.05) is 30.3 Å². The Kier molecular flexibility index (Phi) is 8.78. The molecule has 0 spiro atoms. The fourth-order valence-corrected chi connectivity index (χ4v) is 6.25. The predicted octanol–water partition coefficient (Wildman–Crippen LogP) is 2.92. The summed E-state index contributed by atoms with van der Waals surface area (Å²) in [6, 6.07) is 13.1. The van der Waals surface area contributed by atoms with Gasteiger partial charge in [0.25, 0.3) is 10.0 Å². The minimum absolute atomic E-state index is 0.0117. The average Bonchev–Trinajstić information content (AvgIpc) is 3.71. The number of fused-ring (bicyclic) bond motifs is 1. The Labute approximate surface area is 227 Å². The van der Waals surface area contributed by atoms with Gasteiger partial charge in [0.15, 0.2) is 0 Å². The molecule has 1 aliphatic carbocycles. The molecule has 2 aliphatic rings. The molecule has 2 heterocycles. The largest absolute Gasteiger partial charge is 0.444 e. The molecule has 39 heavy (non-hydrogen) atoms. The van der Waals surface area contributed by atoms with Crippen molar-refractivity contribution in [2.45, 2.75) is 67.8 Å². The van der Waals surface area contributed by atoms with Crippen LogP contribution < -0.4 is 5.32 Å². The number of benzene rings is 2. The van der Waals surface area contributed by atoms with E-state index in [0.717, 1.165) is 35.7 Å². The van der Waals surface area contributed by atoms with Crippen LogP contribution in [-0.4, -0.2) is 78.2 Å². The molecule has 3 aromatic rings. The Hall–Kier alpha value is -3.03. The molecule has 1 aromatic heterocycles. The average molecular weight is 559 g/mol. The first kappa shape index (κ1) is 27.5. The van der Waals surface area contributed by atoms with Gasteiger partial charge in [-0.3, -0.25) is 4.84 Å². The van der Waals surface area contributed by atoms with Gasteiger partial charge in [0.1, 0.15) is 6.10 Å². The number of aliphatic hydroxyl groups is 1. The van der Waals surface area contributed by atoms with Crippen molar-refractivity contribution < 1.29 is 32.6 Å². The summed E-state index contributed by atoms with van der Waals surface area (Å²) >= 11 is 0. The SMILES string of the molecule is O=C(N[C@H](Cc1ccccc1)C(O)CN(OC1CCCC1)S(=O)(=O)c1ccc2nc[nH]c2c1)OC1CCOC1. The fraction of sp³-hybridized carbons (Fsp3) is 0.481. The zero-order chi connectivity index (χ0) is 27.2. The maximum Gasteiger partial charge on any atom is 0.407 e. The first-order valence-corrected chi connectivity index (χ1v) is 14.7. The van der Waals surface area contributed by atoms with E-state index in [-0.39, 0.29) is 30.1 Å². The van der Waals surface area contributed by atoms with Crippen LogP contribution >= 0.6 is 0 Å². The topological polar surface area (TPSA) is 143 Å². The molecule has 1 saturated carbocycles. The zero-order valence-corrected chi connectivity index (χ0v) is 22.4. The van der Waals surface area contributed by atoms with E-state index < -0.39 is 28.3 Å². The first-order valence-electron chi connectivity index (χ1n) is 13.3. The number of hydroxylamine groups is 1. The minimum atomic E-state index is -4.16. The van der Waals surface area contributed by atoms with Crippen LogP contribution in [0.2, 0.25) is 0 Å². The number of hydrogen-bond acceptors (Lipinski definition) is 8. The number of alkyl carbamates (subject to hydrolysis) is 1. The van der Waals surface area contributed by atoms with Gasteiger partial charge in [-0.05, 0) is 43.0 Å². The highest BCUT2D eigenvalue weighted by Gasteiger charge is 2.35. The number of carbonyl (C=O) groups is 1. The Morgan fingerprint density at radius 2 is 1.95 bits per heavy atom. The van der Waals surface area contributed by atoms with Crippen molar-refractivity contribution in [1.29, 1.82) is 0 Å². The second-order valence-corrected chi connectivity index (χ2v) is 11.8. The number of imidazole rings is 1. The number of H-pyrrole nitrogens is 1. The Morgan fingerprint density at radius 1 is 1.15 bits per heavy atom. The molecule has 0 bridgehead atoms. The van der Waals surface area contributed by atoms with Gasteiger partial charge >= 0.3 is 6.09 Å². The highest BCUT2D eigenvalue weighted by atomic mass is 32.2. The van der Waals surface area contributed by atoms with E-state index in [1.165, 1.54) is 18.5 Å². The number of rotatable bonds is 11. The van der Waals surface area contributed by atoms with Crippen molar-refractivity contribution in [3.8, 4) is 0 Å². The van der Waals surface area contributed by atoms with E-state index >= 15 is 0 Å². The second-order valence-electron chi connectivity index (χ2n) is 9.98. The van der Waals surface area contributed by atoms with Crippen molar-refractivity contribution in [3.05, 3.63) is 60.4 Å². The smallest absolute Gasteiger partial charge is 0.407 e. The summed E-state index contributed by atoms with van der Waals surface area (Å²) < 4.78 is 39.2. The third-order valence-electron chi connectivity index (χ3n) is 7.09. The van der Waals surface area contributed by atoms with Crippen molar-refractivity contribution in [1.82, 2.24) is 19.8 Å². The molecular weight excluding hydrogens is 524 g/mol. The molecule has 3 N–H and O–H groups in total. The highest BCUT2D eigenvalue weighted by molar-refractivity contribution is 7.89. The Balaban J connectivity index is 1.37. The quantitative estimate of drug-likeness (QED) is 0.305. The van der Waals surface area contributed by atoms with Gasteiger partial charge in [0, 0.05) is 6.42 Å². The number of nitrogens with one attached hydrogen (secondary N) is 2. The molecule has 5 rings (SSSR count). The van der Waals surface area contributed by atoms with Crippen LogP contribution in [0.15, 0.2) is 59.8 Å². The van der Waals surface area contributed by atoms with Crippen LogP contribution in [-0.2, 0) is 30.8 Å². The Bertz CT molecular complexity index is 1340. The van der Waals surface area contributed by atoms with Crippen LogP contribution in [0.1, 0.15) is 37.7 Å². The lowest BCUT2D eigenvalue weighted by Crippen LogP contribution is -2.51. The van der Waals surface area contributed by atoms with Gasteiger partial charge in [0.2, 0.25) is 0 Å². The minimum Gasteiger partial charge on any atom is -0.444 e. The lowest BCUT2D eigenvalue weighted by molar-refractivity contribution is -0.145. The molecule has 2 aromatic carbocycles. The van der Waals surface area contributed by atoms with Crippen molar-refractivity contribution in [3.63, 3.8) is 0 Å². The summed E-state index contributed by atoms with van der Waals surface area (Å²) in [5.74, 6) is 0. The van der Waals surface area contributed by atoms with Gasteiger partial charge < -0.3 is 24.9 Å². The fourth-order valence-electron chi connectivity index (χ4n) is 4.92. The number of aromatic amines is 1. The molecule has 0 radical (unpaired) electrons. The molecule has 12 heteroatoms. The number of hydrogen-bond donors (Lipinski definition) is 3. The number of aliphatic hydroxyl groups excluding tert-OH is 1. The third kappa shape index (κ3) is 6.95. The number of aromatic nitrogens is 2. The number of sulfonamides is 1. The first-order chi connectivity index (χ1) is 18.9. The van der Waals surface area contributed by atoms with Crippen LogP contribution in [0.5, 0.6) is 0 Å². The van der Waals surface area contributed by atoms with E-state index in [1.54, 1.807) is 6.07 Å². The van der Waals surface area contributed by atoms with Crippen molar-refractivity contribution >= 4 is 27.1 Å². The van der Waals surface area contributed by atoms with Crippen LogP contribution in [0.3, 0.4) is 0 Å². The second kappa shape index (κ2) is 12.4. The summed E-state index contributed by atoms with van der Waals surface area (Å²) in [5, 5.41) is 14.1. The van der Waals surface area contributed by atoms with Crippen LogP contribution in [0.4, 0.5) is 4.79 Å². The monoisotopic (exact) mass is 558 g/mol. The van der Waals surface area contributed by atoms with Crippen LogP contribution in [0.25, 0.3) is 11.0 Å². The zero-order valence-electron chi connectivity index (χ0n) is 21.6. The summed E-state index contributed by atoms with van der Waals surface area (Å²) in [5.41, 5.74) is 2.07. The van der Waals surface area contributed by atoms with Gasteiger partial charge in [-0.15, -0.1) is 0 Å². The molecule has 2 fully saturated rings. The van der Waals surface area contributed by atoms with Gasteiger partial charge in [-0.2, -0.15) is 0 Å². The predicted molar refractivity (Wildman–Crippen MR) is 142 cm³/mol. The standard InChI is InChI=1S/C27H34N4O7S/c32-26(25(14-19-6-2-1-3-7-19)30-27(33)37-21-12-13-36-17-21)16-31(38-20-8-4-5-9-20)39(34,35)22-10-11-23-24(15-22)29-18-28-23/h1-3,6-7,10-11,15,18,20-21,25-26,32H,4-5,8-9,12-14,16-17H2,(H,28,29)(H,30,33)/t21?,25-,26?/m1/s1. The summed E-state index contributed by atoms with van der Waals surface area (Å²) in [4.78, 5) is 25.8. The van der Waals surface area contributed by atoms with Crippen molar-refractivity contribution in [2.75, 3.05) is 19.8 Å². The highest BCUT2D eigenvalue weighted by Crippen LogP contribution is 2.27. The number of nitrogens with zero attached hydrogens (tertiary/aromatic N) is 2. The van der Waals surface area contributed by atoms with Gasteiger partial charge in [0.05, 0.1) is 60.3 Å². The molecule has 1 saturated heterocycles. The Morgan fingerprint density at radius 3 is 2.69 bits per heavy atom. The molecule has 3 atom stereocenters. The van der Waals surface area contributed by atoms with Crippen molar-refractivity contribution in [2.24, 2.45) is 0 Å². The molecule has 1 aliphatic heterocycles. The van der Waals surface area contributed by atoms with Gasteiger partial charge in [-0.1, -0.05) is 47.6 Å². The van der Waals surface area contributed by atoms with E-state index in [9.17, 15) is 18.3 Å². The molecule has 1 amide bonds. The summed E-state index contributed by atoms with van der Waals surface area (Å²) in [6.45, 7) is 0.453. The number of carbonyl (C=O) groups excluding carboxylic acids is 1. The molecule has 2 unspecified atom stereocenters. The maximum absolute atomic E-state index is 13.8. The summed E-state index contributed by atoms with van der Waals surface area (Å²) in [6.07, 6.45) is 3.05. The lowest BCUT2D eigenvalue weighted by Gasteiger charge is -2.30. The normalized spacial score (nSPS) is 19.9. The van der Waals surface area contributed by atoms with E-state index in [4.69, 9.17) is 14.3 Å². The number of ether oxygens (including phenoxy) is 2. The maximum atomic E-state index is 13.8. The van der Waals surface area contributed by atoms with E-state index in [0.29, 0.717) is 30.7 Å². The summed E-state index contributed by atoms with van der Waals surface area (Å²) in [7, 11) is -4.16. The van der Waals surface area contributed by atoms with E-state index in [2.05, 4.69) is 15.3 Å². The molecule has 210 valence electrons. The third-order valence-corrected chi connectivity index (χ3v) is 8.71. The number of amides is 1. The lowest BCUT2D eigenvalue weighted by atomic mass is 10.0.